The van der Waals surface area contributed by atoms with Crippen LogP contribution in [0.5, 0.6) is 0 Å². The first-order valence-electron chi connectivity index (χ1n) is 11.1. The highest BCUT2D eigenvalue weighted by molar-refractivity contribution is 7.12. The third kappa shape index (κ3) is 5.51. The highest BCUT2D eigenvalue weighted by atomic mass is 32.1. The van der Waals surface area contributed by atoms with E-state index in [2.05, 4.69) is 5.32 Å². The zero-order chi connectivity index (χ0) is 24.1. The number of hydrogen-bond acceptors (Lipinski definition) is 5. The van der Waals surface area contributed by atoms with E-state index in [1.54, 1.807) is 29.2 Å². The van der Waals surface area contributed by atoms with Crippen LogP contribution in [0.15, 0.2) is 66.0 Å². The monoisotopic (exact) mass is 479 g/mol. The van der Waals surface area contributed by atoms with Crippen molar-refractivity contribution in [3.63, 3.8) is 0 Å². The van der Waals surface area contributed by atoms with Crippen LogP contribution in [0.25, 0.3) is 0 Å². The largest absolute Gasteiger partial charge is 0.366 e. The molecule has 1 aliphatic rings. The van der Waals surface area contributed by atoms with Gasteiger partial charge in [0.15, 0.2) is 5.78 Å². The van der Waals surface area contributed by atoms with E-state index in [-0.39, 0.29) is 17.6 Å². The molecule has 176 valence electrons. The summed E-state index contributed by atoms with van der Waals surface area (Å²) in [6.45, 7) is 3.14. The summed E-state index contributed by atoms with van der Waals surface area (Å²) in [5.74, 6) is -1.05. The molecule has 0 unspecified atom stereocenters. The highest BCUT2D eigenvalue weighted by Gasteiger charge is 2.30. The van der Waals surface area contributed by atoms with Gasteiger partial charge in [0.05, 0.1) is 10.6 Å². The maximum atomic E-state index is 14.6. The molecule has 3 aromatic rings. The zero-order valence-electron chi connectivity index (χ0n) is 18.9. The molecule has 1 atom stereocenters. The molecule has 34 heavy (non-hydrogen) atoms. The van der Waals surface area contributed by atoms with Crippen LogP contribution >= 0.6 is 11.3 Å². The first kappa shape index (κ1) is 23.6. The molecule has 8 heteroatoms. The van der Waals surface area contributed by atoms with Crippen LogP contribution in [0.3, 0.4) is 0 Å². The second kappa shape index (κ2) is 10.6. The van der Waals surface area contributed by atoms with Gasteiger partial charge < -0.3 is 15.1 Å². The molecule has 6 nitrogen and oxygen atoms in total. The van der Waals surface area contributed by atoms with Crippen LogP contribution < -0.4 is 10.2 Å². The van der Waals surface area contributed by atoms with Gasteiger partial charge in [-0.2, -0.15) is 0 Å². The highest BCUT2D eigenvalue weighted by Crippen LogP contribution is 2.23. The number of carbonyl (C=O) groups is 3. The Kier molecular flexibility index (Phi) is 7.37. The second-order valence-corrected chi connectivity index (χ2v) is 9.18. The van der Waals surface area contributed by atoms with E-state index in [1.165, 1.54) is 24.3 Å². The number of thiophene rings is 1. The molecular formula is C26H26FN3O3S. The number of carbonyl (C=O) groups excluding carboxylic acids is 3. The standard InChI is InChI=1S/C26H26FN3O3S/c1-18(31)20-9-10-23(21(27)17-20)29-11-13-30(14-12-29)26(33)22(16-19-6-3-2-4-7-19)28-25(32)24-8-5-15-34-24/h2-10,15,17,22H,11-14,16H2,1H3,(H,28,32)/t22-/m0/s1. The minimum atomic E-state index is -0.699. The summed E-state index contributed by atoms with van der Waals surface area (Å²) in [7, 11) is 0. The van der Waals surface area contributed by atoms with Crippen molar-refractivity contribution in [2.45, 2.75) is 19.4 Å². The average Bonchev–Trinajstić information content (AvgIpc) is 3.39. The lowest BCUT2D eigenvalue weighted by Gasteiger charge is -2.37. The van der Waals surface area contributed by atoms with Crippen molar-refractivity contribution in [2.24, 2.45) is 0 Å². The summed E-state index contributed by atoms with van der Waals surface area (Å²) in [5.41, 5.74) is 1.71. The van der Waals surface area contributed by atoms with Crippen molar-refractivity contribution < 1.29 is 18.8 Å². The van der Waals surface area contributed by atoms with Crippen molar-refractivity contribution in [3.05, 3.63) is 87.9 Å². The number of nitrogens with zero attached hydrogens (tertiary/aromatic N) is 2. The van der Waals surface area contributed by atoms with E-state index >= 15 is 0 Å². The number of halogens is 1. The fourth-order valence-corrected chi connectivity index (χ4v) is 4.68. The Morgan fingerprint density at radius 1 is 1.00 bits per heavy atom. The van der Waals surface area contributed by atoms with Gasteiger partial charge in [0, 0.05) is 38.2 Å². The molecule has 0 aliphatic carbocycles. The van der Waals surface area contributed by atoms with E-state index in [0.29, 0.717) is 48.7 Å². The van der Waals surface area contributed by atoms with E-state index in [0.717, 1.165) is 5.56 Å². The molecule has 4 rings (SSSR count). The zero-order valence-corrected chi connectivity index (χ0v) is 19.7. The summed E-state index contributed by atoms with van der Waals surface area (Å²) in [5, 5.41) is 4.73. The van der Waals surface area contributed by atoms with E-state index in [9.17, 15) is 18.8 Å². The second-order valence-electron chi connectivity index (χ2n) is 8.23. The van der Waals surface area contributed by atoms with Crippen LogP contribution in [-0.2, 0) is 11.2 Å². The number of hydrogen-bond donors (Lipinski definition) is 1. The minimum absolute atomic E-state index is 0.152. The molecular weight excluding hydrogens is 453 g/mol. The van der Waals surface area contributed by atoms with E-state index in [1.807, 2.05) is 40.6 Å². The average molecular weight is 480 g/mol. The van der Waals surface area contributed by atoms with Gasteiger partial charge in [0.2, 0.25) is 5.91 Å². The fraction of sp³-hybridized carbons (Fsp3) is 0.269. The van der Waals surface area contributed by atoms with Crippen LogP contribution in [0.2, 0.25) is 0 Å². The Balaban J connectivity index is 1.44. The van der Waals surface area contributed by atoms with Gasteiger partial charge >= 0.3 is 0 Å². The summed E-state index contributed by atoms with van der Waals surface area (Å²) in [6.07, 6.45) is 0.387. The first-order chi connectivity index (χ1) is 16.4. The van der Waals surface area contributed by atoms with Gasteiger partial charge in [-0.15, -0.1) is 11.3 Å². The third-order valence-corrected chi connectivity index (χ3v) is 6.79. The Bertz CT molecular complexity index is 1160. The van der Waals surface area contributed by atoms with Crippen LogP contribution in [0.4, 0.5) is 10.1 Å². The Labute approximate surface area is 202 Å². The summed E-state index contributed by atoms with van der Waals surface area (Å²) in [4.78, 5) is 41.8. The number of rotatable bonds is 7. The number of anilines is 1. The summed E-state index contributed by atoms with van der Waals surface area (Å²) in [6, 6.07) is 16.9. The quantitative estimate of drug-likeness (QED) is 0.524. The lowest BCUT2D eigenvalue weighted by Crippen LogP contribution is -2.55. The Morgan fingerprint density at radius 2 is 1.74 bits per heavy atom. The fourth-order valence-electron chi connectivity index (χ4n) is 4.06. The topological polar surface area (TPSA) is 69.7 Å². The number of amides is 2. The Morgan fingerprint density at radius 3 is 2.35 bits per heavy atom. The van der Waals surface area contributed by atoms with Gasteiger partial charge in [-0.05, 0) is 42.1 Å². The molecule has 2 heterocycles. The van der Waals surface area contributed by atoms with Gasteiger partial charge in [0.1, 0.15) is 11.9 Å². The summed E-state index contributed by atoms with van der Waals surface area (Å²) >= 11 is 1.33. The smallest absolute Gasteiger partial charge is 0.262 e. The molecule has 1 aromatic heterocycles. The molecule has 0 saturated carbocycles. The van der Waals surface area contributed by atoms with Crippen LogP contribution in [0, 0.1) is 5.82 Å². The normalized spacial score (nSPS) is 14.5. The van der Waals surface area contributed by atoms with Crippen LogP contribution in [0.1, 0.15) is 32.5 Å². The molecule has 0 spiro atoms. The van der Waals surface area contributed by atoms with Crippen molar-refractivity contribution in [1.82, 2.24) is 10.2 Å². The maximum Gasteiger partial charge on any atom is 0.262 e. The lowest BCUT2D eigenvalue weighted by molar-refractivity contribution is -0.133. The maximum absolute atomic E-state index is 14.6. The minimum Gasteiger partial charge on any atom is -0.366 e. The molecule has 2 aromatic carbocycles. The summed E-state index contributed by atoms with van der Waals surface area (Å²) < 4.78 is 14.6. The SMILES string of the molecule is CC(=O)c1ccc(N2CCN(C(=O)[C@H](Cc3ccccc3)NC(=O)c3cccs3)CC2)c(F)c1. The Hall–Kier alpha value is -3.52. The van der Waals surface area contributed by atoms with E-state index in [4.69, 9.17) is 0 Å². The van der Waals surface area contributed by atoms with Crippen molar-refractivity contribution >= 4 is 34.6 Å². The lowest BCUT2D eigenvalue weighted by atomic mass is 10.0. The predicted molar refractivity (Wildman–Crippen MR) is 131 cm³/mol. The number of piperazine rings is 1. The van der Waals surface area contributed by atoms with Gasteiger partial charge in [-0.1, -0.05) is 36.4 Å². The van der Waals surface area contributed by atoms with Crippen molar-refractivity contribution in [1.29, 1.82) is 0 Å². The van der Waals surface area contributed by atoms with Crippen molar-refractivity contribution in [3.8, 4) is 0 Å². The number of ketones is 1. The van der Waals surface area contributed by atoms with Crippen LogP contribution in [-0.4, -0.2) is 54.7 Å². The molecule has 1 N–H and O–H groups in total. The number of nitrogens with one attached hydrogen (secondary N) is 1. The van der Waals surface area contributed by atoms with E-state index < -0.39 is 11.9 Å². The molecule has 1 saturated heterocycles. The van der Waals surface area contributed by atoms with Crippen molar-refractivity contribution in [2.75, 3.05) is 31.1 Å². The third-order valence-electron chi connectivity index (χ3n) is 5.92. The predicted octanol–water partition coefficient (Wildman–Crippen LogP) is 3.78. The van der Waals surface area contributed by atoms with Gasteiger partial charge in [-0.25, -0.2) is 4.39 Å². The molecule has 1 aliphatic heterocycles. The van der Waals surface area contributed by atoms with Gasteiger partial charge in [0.25, 0.3) is 5.91 Å². The first-order valence-corrected chi connectivity index (χ1v) is 12.0. The number of benzene rings is 2. The molecule has 0 bridgehead atoms. The molecule has 1 fully saturated rings. The van der Waals surface area contributed by atoms with Gasteiger partial charge in [-0.3, -0.25) is 14.4 Å². The molecule has 0 radical (unpaired) electrons. The molecule has 2 amide bonds. The number of Topliss-reactive ketones (excluding diaryl/α,β-unsaturated/α-hetero) is 1.